The van der Waals surface area contributed by atoms with Crippen LogP contribution < -0.4 is 5.73 Å². The van der Waals surface area contributed by atoms with E-state index in [4.69, 9.17) is 5.73 Å². The van der Waals surface area contributed by atoms with Crippen molar-refractivity contribution in [3.63, 3.8) is 0 Å². The van der Waals surface area contributed by atoms with Crippen molar-refractivity contribution in [2.75, 3.05) is 19.6 Å². The van der Waals surface area contributed by atoms with E-state index in [9.17, 15) is 4.79 Å². The summed E-state index contributed by atoms with van der Waals surface area (Å²) in [5.41, 5.74) is 7.76. The summed E-state index contributed by atoms with van der Waals surface area (Å²) in [6.45, 7) is 4.40. The molecule has 0 spiro atoms. The van der Waals surface area contributed by atoms with Crippen molar-refractivity contribution in [3.8, 4) is 0 Å². The molecule has 0 aromatic heterocycles. The number of likely N-dealkylation sites (tertiary alicyclic amines) is 1. The van der Waals surface area contributed by atoms with Crippen LogP contribution in [0.5, 0.6) is 0 Å². The van der Waals surface area contributed by atoms with E-state index in [-0.39, 0.29) is 5.78 Å². The number of carbonyl (C=O) groups is 1. The number of piperidine rings is 1. The van der Waals surface area contributed by atoms with Crippen LogP contribution in [-0.2, 0) is 0 Å². The predicted octanol–water partition coefficient (Wildman–Crippen LogP) is 1.60. The number of hydrogen-bond acceptors (Lipinski definition) is 3. The summed E-state index contributed by atoms with van der Waals surface area (Å²) in [5.74, 6) is 0.221. The fourth-order valence-electron chi connectivity index (χ4n) is 2.29. The predicted molar refractivity (Wildman–Crippen MR) is 69.2 cm³/mol. The second kappa shape index (κ2) is 5.43. The van der Waals surface area contributed by atoms with Gasteiger partial charge in [-0.15, -0.1) is 0 Å². The van der Waals surface area contributed by atoms with Crippen LogP contribution in [0.4, 0.5) is 0 Å². The molecular weight excluding hydrogens is 212 g/mol. The number of aryl methyl sites for hydroxylation is 1. The highest BCUT2D eigenvalue weighted by atomic mass is 16.1. The molecule has 1 heterocycles. The fourth-order valence-corrected chi connectivity index (χ4v) is 2.29. The molecule has 2 N–H and O–H groups in total. The van der Waals surface area contributed by atoms with Crippen LogP contribution >= 0.6 is 0 Å². The molecule has 0 aliphatic carbocycles. The maximum absolute atomic E-state index is 12.1. The summed E-state index contributed by atoms with van der Waals surface area (Å²) in [6, 6.07) is 8.10. The molecule has 0 radical (unpaired) electrons. The molecule has 1 aromatic rings. The number of rotatable bonds is 3. The Hall–Kier alpha value is -1.19. The van der Waals surface area contributed by atoms with Crippen LogP contribution in [0.15, 0.2) is 24.3 Å². The van der Waals surface area contributed by atoms with Crippen molar-refractivity contribution in [2.45, 2.75) is 25.8 Å². The van der Waals surface area contributed by atoms with E-state index in [0.717, 1.165) is 37.1 Å². The Kier molecular flexibility index (Phi) is 3.92. The monoisotopic (exact) mass is 232 g/mol. The first-order valence-electron chi connectivity index (χ1n) is 6.23. The Morgan fingerprint density at radius 1 is 1.35 bits per heavy atom. The Morgan fingerprint density at radius 2 is 2.00 bits per heavy atom. The summed E-state index contributed by atoms with van der Waals surface area (Å²) in [6.07, 6.45) is 2.00. The molecule has 1 aliphatic rings. The average Bonchev–Trinajstić information content (AvgIpc) is 2.32. The van der Waals surface area contributed by atoms with Gasteiger partial charge in [0.25, 0.3) is 0 Å². The van der Waals surface area contributed by atoms with Crippen LogP contribution in [0, 0.1) is 6.92 Å². The SMILES string of the molecule is Cc1ccccc1C(=O)CN1CCC(N)CC1. The molecule has 1 saturated heterocycles. The molecule has 0 bridgehead atoms. The van der Waals surface area contributed by atoms with Gasteiger partial charge in [-0.3, -0.25) is 9.69 Å². The van der Waals surface area contributed by atoms with Gasteiger partial charge in [-0.2, -0.15) is 0 Å². The van der Waals surface area contributed by atoms with Gasteiger partial charge in [0.1, 0.15) is 0 Å². The zero-order valence-corrected chi connectivity index (χ0v) is 10.4. The number of nitrogens with zero attached hydrogens (tertiary/aromatic N) is 1. The molecule has 92 valence electrons. The van der Waals surface area contributed by atoms with E-state index in [1.165, 1.54) is 0 Å². The van der Waals surface area contributed by atoms with Crippen molar-refractivity contribution in [1.29, 1.82) is 0 Å². The van der Waals surface area contributed by atoms with E-state index in [1.54, 1.807) is 0 Å². The molecule has 1 aromatic carbocycles. The van der Waals surface area contributed by atoms with Gasteiger partial charge in [-0.05, 0) is 25.3 Å². The lowest BCUT2D eigenvalue weighted by Crippen LogP contribution is -2.42. The summed E-state index contributed by atoms with van der Waals surface area (Å²) in [5, 5.41) is 0. The molecule has 17 heavy (non-hydrogen) atoms. The van der Waals surface area contributed by atoms with Crippen molar-refractivity contribution in [3.05, 3.63) is 35.4 Å². The molecule has 2 rings (SSSR count). The maximum Gasteiger partial charge on any atom is 0.177 e. The van der Waals surface area contributed by atoms with E-state index >= 15 is 0 Å². The topological polar surface area (TPSA) is 46.3 Å². The van der Waals surface area contributed by atoms with E-state index in [2.05, 4.69) is 4.90 Å². The number of hydrogen-bond donors (Lipinski definition) is 1. The van der Waals surface area contributed by atoms with Gasteiger partial charge in [-0.1, -0.05) is 24.3 Å². The van der Waals surface area contributed by atoms with Gasteiger partial charge < -0.3 is 5.73 Å². The standard InChI is InChI=1S/C14H20N2O/c1-11-4-2-3-5-13(11)14(17)10-16-8-6-12(15)7-9-16/h2-5,12H,6-10,15H2,1H3. The zero-order chi connectivity index (χ0) is 12.3. The van der Waals surface area contributed by atoms with Gasteiger partial charge in [-0.25, -0.2) is 0 Å². The van der Waals surface area contributed by atoms with Gasteiger partial charge in [0.05, 0.1) is 6.54 Å². The Bertz CT molecular complexity index is 395. The molecule has 0 amide bonds. The largest absolute Gasteiger partial charge is 0.328 e. The maximum atomic E-state index is 12.1. The first-order chi connectivity index (χ1) is 8.16. The summed E-state index contributed by atoms with van der Waals surface area (Å²) >= 11 is 0. The molecular formula is C14H20N2O. The molecule has 3 nitrogen and oxygen atoms in total. The number of nitrogens with two attached hydrogens (primary N) is 1. The summed E-state index contributed by atoms with van der Waals surface area (Å²) < 4.78 is 0. The van der Waals surface area contributed by atoms with Gasteiger partial charge >= 0.3 is 0 Å². The molecule has 0 atom stereocenters. The summed E-state index contributed by atoms with van der Waals surface area (Å²) in [4.78, 5) is 14.3. The number of ketones is 1. The number of benzene rings is 1. The van der Waals surface area contributed by atoms with Crippen LogP contribution in [-0.4, -0.2) is 36.4 Å². The van der Waals surface area contributed by atoms with Gasteiger partial charge in [0, 0.05) is 24.7 Å². The Balaban J connectivity index is 1.96. The van der Waals surface area contributed by atoms with Crippen LogP contribution in [0.3, 0.4) is 0 Å². The van der Waals surface area contributed by atoms with Gasteiger partial charge in [0.15, 0.2) is 5.78 Å². The minimum atomic E-state index is 0.221. The van der Waals surface area contributed by atoms with E-state index < -0.39 is 0 Å². The average molecular weight is 232 g/mol. The highest BCUT2D eigenvalue weighted by Crippen LogP contribution is 2.12. The van der Waals surface area contributed by atoms with Crippen molar-refractivity contribution in [1.82, 2.24) is 4.90 Å². The third-order valence-electron chi connectivity index (χ3n) is 3.44. The van der Waals surface area contributed by atoms with Crippen molar-refractivity contribution in [2.24, 2.45) is 5.73 Å². The zero-order valence-electron chi connectivity index (χ0n) is 10.4. The lowest BCUT2D eigenvalue weighted by Gasteiger charge is -2.29. The molecule has 1 aliphatic heterocycles. The van der Waals surface area contributed by atoms with Crippen LogP contribution in [0.1, 0.15) is 28.8 Å². The van der Waals surface area contributed by atoms with E-state index in [0.29, 0.717) is 12.6 Å². The van der Waals surface area contributed by atoms with Gasteiger partial charge in [0.2, 0.25) is 0 Å². The van der Waals surface area contributed by atoms with Crippen molar-refractivity contribution < 1.29 is 4.79 Å². The van der Waals surface area contributed by atoms with Crippen LogP contribution in [0.25, 0.3) is 0 Å². The third-order valence-corrected chi connectivity index (χ3v) is 3.44. The van der Waals surface area contributed by atoms with Crippen molar-refractivity contribution >= 4 is 5.78 Å². The molecule has 1 fully saturated rings. The smallest absolute Gasteiger partial charge is 0.177 e. The fraction of sp³-hybridized carbons (Fsp3) is 0.500. The highest BCUT2D eigenvalue weighted by Gasteiger charge is 2.19. The first kappa shape index (κ1) is 12.3. The molecule has 3 heteroatoms. The summed E-state index contributed by atoms with van der Waals surface area (Å²) in [7, 11) is 0. The Labute approximate surface area is 103 Å². The third kappa shape index (κ3) is 3.14. The Morgan fingerprint density at radius 3 is 2.65 bits per heavy atom. The van der Waals surface area contributed by atoms with Crippen LogP contribution in [0.2, 0.25) is 0 Å². The minimum Gasteiger partial charge on any atom is -0.328 e. The second-order valence-electron chi connectivity index (χ2n) is 4.85. The molecule has 0 saturated carbocycles. The quantitative estimate of drug-likeness (QED) is 0.805. The minimum absolute atomic E-state index is 0.221. The highest BCUT2D eigenvalue weighted by molar-refractivity contribution is 5.98. The normalized spacial score (nSPS) is 18.2. The first-order valence-corrected chi connectivity index (χ1v) is 6.23. The second-order valence-corrected chi connectivity index (χ2v) is 4.85. The molecule has 0 unspecified atom stereocenters. The lowest BCUT2D eigenvalue weighted by atomic mass is 10.0. The van der Waals surface area contributed by atoms with E-state index in [1.807, 2.05) is 31.2 Å². The number of carbonyl (C=O) groups excluding carboxylic acids is 1. The number of Topliss-reactive ketones (excluding diaryl/α,β-unsaturated/α-hetero) is 1. The lowest BCUT2D eigenvalue weighted by molar-refractivity contribution is 0.0909.